The maximum Gasteiger partial charge on any atom is 0.253 e. The number of hydrogen-bond donors (Lipinski definition) is 2. The first kappa shape index (κ1) is 21.8. The van der Waals surface area contributed by atoms with E-state index in [2.05, 4.69) is 10.6 Å². The largest absolute Gasteiger partial charge is 0.485 e. The third-order valence-electron chi connectivity index (χ3n) is 5.94. The van der Waals surface area contributed by atoms with Crippen LogP contribution in [0.5, 0.6) is 5.75 Å². The van der Waals surface area contributed by atoms with E-state index in [1.165, 1.54) is 18.2 Å². The number of piperidine rings is 1. The molecule has 0 aromatic heterocycles. The van der Waals surface area contributed by atoms with Crippen molar-refractivity contribution >= 4 is 23.2 Å². The van der Waals surface area contributed by atoms with Crippen LogP contribution in [0.1, 0.15) is 28.8 Å². The highest BCUT2D eigenvalue weighted by atomic mass is 35.5. The van der Waals surface area contributed by atoms with Crippen LogP contribution in [-0.4, -0.2) is 55.3 Å². The zero-order valence-corrected chi connectivity index (χ0v) is 18.1. The third-order valence-corrected chi connectivity index (χ3v) is 6.23. The number of nitrogens with one attached hydrogen (secondary N) is 2. The predicted molar refractivity (Wildman–Crippen MR) is 117 cm³/mol. The number of benzene rings is 2. The minimum absolute atomic E-state index is 0.0814. The van der Waals surface area contributed by atoms with Crippen molar-refractivity contribution in [3.8, 4) is 5.75 Å². The minimum Gasteiger partial charge on any atom is -0.485 e. The molecular weight excluding hydrogens is 424 g/mol. The van der Waals surface area contributed by atoms with E-state index in [0.29, 0.717) is 31.7 Å². The van der Waals surface area contributed by atoms with Gasteiger partial charge in [-0.05, 0) is 36.8 Å². The summed E-state index contributed by atoms with van der Waals surface area (Å²) in [6, 6.07) is 9.86. The molecule has 2 heterocycles. The first-order valence-corrected chi connectivity index (χ1v) is 10.9. The molecule has 4 rings (SSSR count). The second kappa shape index (κ2) is 9.01. The smallest absolute Gasteiger partial charge is 0.253 e. The van der Waals surface area contributed by atoms with Crippen LogP contribution in [0, 0.1) is 12.7 Å². The number of alkyl halides is 1. The predicted octanol–water partition coefficient (Wildman–Crippen LogP) is 4.19. The van der Waals surface area contributed by atoms with Gasteiger partial charge in [0.15, 0.2) is 0 Å². The van der Waals surface area contributed by atoms with E-state index in [-0.39, 0.29) is 36.4 Å². The molecule has 2 N–H and O–H groups in total. The first-order chi connectivity index (χ1) is 14.8. The van der Waals surface area contributed by atoms with Gasteiger partial charge in [0.2, 0.25) is 0 Å². The highest BCUT2D eigenvalue weighted by Gasteiger charge is 2.36. The summed E-state index contributed by atoms with van der Waals surface area (Å²) in [5, 5.41) is 6.47. The Labute approximate surface area is 185 Å². The monoisotopic (exact) mass is 449 g/mol. The molecule has 0 aliphatic carbocycles. The van der Waals surface area contributed by atoms with E-state index in [1.54, 1.807) is 4.90 Å². The van der Waals surface area contributed by atoms with Crippen molar-refractivity contribution in [3.05, 3.63) is 58.4 Å². The Balaban J connectivity index is 1.25. The van der Waals surface area contributed by atoms with Crippen LogP contribution in [0.25, 0.3) is 0 Å². The summed E-state index contributed by atoms with van der Waals surface area (Å²) in [5.74, 6) is 0.0253. The molecule has 166 valence electrons. The summed E-state index contributed by atoms with van der Waals surface area (Å²) < 4.78 is 34.6. The van der Waals surface area contributed by atoms with Crippen molar-refractivity contribution in [2.75, 3.05) is 38.0 Å². The van der Waals surface area contributed by atoms with Gasteiger partial charge in [-0.1, -0.05) is 23.7 Å². The van der Waals surface area contributed by atoms with E-state index >= 15 is 4.39 Å². The van der Waals surface area contributed by atoms with E-state index < -0.39 is 11.5 Å². The van der Waals surface area contributed by atoms with Gasteiger partial charge in [-0.15, -0.1) is 0 Å². The van der Waals surface area contributed by atoms with Gasteiger partial charge in [0.05, 0.1) is 17.3 Å². The lowest BCUT2D eigenvalue weighted by Gasteiger charge is -2.37. The maximum absolute atomic E-state index is 15.3. The van der Waals surface area contributed by atoms with Crippen LogP contribution in [0.4, 0.5) is 14.5 Å². The second-order valence-electron chi connectivity index (χ2n) is 8.28. The van der Waals surface area contributed by atoms with Gasteiger partial charge in [-0.25, -0.2) is 8.78 Å². The lowest BCUT2D eigenvalue weighted by molar-refractivity contribution is 0.0425. The molecule has 31 heavy (non-hydrogen) atoms. The van der Waals surface area contributed by atoms with Crippen molar-refractivity contribution in [1.82, 2.24) is 10.2 Å². The number of para-hydroxylation sites is 1. The molecule has 5 nitrogen and oxygen atoms in total. The van der Waals surface area contributed by atoms with Crippen LogP contribution in [0.3, 0.4) is 0 Å². The number of ether oxygens (including phenoxy) is 1. The molecule has 0 bridgehead atoms. The normalized spacial score (nSPS) is 19.9. The molecule has 2 aliphatic rings. The molecule has 1 unspecified atom stereocenters. The highest BCUT2D eigenvalue weighted by Crippen LogP contribution is 2.32. The number of carbonyl (C=O) groups excluding carboxylic acids is 1. The number of fused-ring (bicyclic) bond motifs is 1. The third kappa shape index (κ3) is 4.93. The average molecular weight is 450 g/mol. The van der Waals surface area contributed by atoms with Gasteiger partial charge in [0.25, 0.3) is 5.91 Å². The van der Waals surface area contributed by atoms with Crippen molar-refractivity contribution in [1.29, 1.82) is 0 Å². The molecule has 2 aromatic rings. The SMILES string of the molecule is Cc1cccc2c1OC(CNCC1(F)CCN(C(=O)c3ccc(F)c(Cl)c3)CC1)CN2. The molecule has 1 atom stereocenters. The second-order valence-corrected chi connectivity index (χ2v) is 8.68. The molecule has 1 amide bonds. The van der Waals surface area contributed by atoms with Crippen LogP contribution in [-0.2, 0) is 0 Å². The summed E-state index contributed by atoms with van der Waals surface area (Å²) >= 11 is 5.77. The van der Waals surface area contributed by atoms with Crippen LogP contribution in [0.15, 0.2) is 36.4 Å². The van der Waals surface area contributed by atoms with Gasteiger partial charge in [-0.3, -0.25) is 4.79 Å². The first-order valence-electron chi connectivity index (χ1n) is 10.5. The maximum atomic E-state index is 15.3. The Morgan fingerprint density at radius 1 is 1.32 bits per heavy atom. The Morgan fingerprint density at radius 2 is 2.10 bits per heavy atom. The van der Waals surface area contributed by atoms with E-state index in [4.69, 9.17) is 16.3 Å². The average Bonchev–Trinajstić information content (AvgIpc) is 2.76. The fourth-order valence-corrected chi connectivity index (χ4v) is 4.23. The van der Waals surface area contributed by atoms with Gasteiger partial charge >= 0.3 is 0 Å². The van der Waals surface area contributed by atoms with Crippen LogP contribution >= 0.6 is 11.6 Å². The fourth-order valence-electron chi connectivity index (χ4n) is 4.05. The van der Waals surface area contributed by atoms with E-state index in [9.17, 15) is 9.18 Å². The molecule has 2 aliphatic heterocycles. The Hall–Kier alpha value is -2.38. The topological polar surface area (TPSA) is 53.6 Å². The quantitative estimate of drug-likeness (QED) is 0.718. The zero-order chi connectivity index (χ0) is 22.0. The van der Waals surface area contributed by atoms with Crippen LogP contribution < -0.4 is 15.4 Å². The summed E-state index contributed by atoms with van der Waals surface area (Å²) in [5.41, 5.74) is 0.981. The van der Waals surface area contributed by atoms with Gasteiger partial charge in [0.1, 0.15) is 23.3 Å². The van der Waals surface area contributed by atoms with Crippen molar-refractivity contribution in [2.45, 2.75) is 31.5 Å². The zero-order valence-electron chi connectivity index (χ0n) is 17.4. The van der Waals surface area contributed by atoms with Crippen LogP contribution in [0.2, 0.25) is 5.02 Å². The Morgan fingerprint density at radius 3 is 2.84 bits per heavy atom. The van der Waals surface area contributed by atoms with Gasteiger partial charge < -0.3 is 20.3 Å². The number of halogens is 3. The highest BCUT2D eigenvalue weighted by molar-refractivity contribution is 6.31. The molecule has 1 saturated heterocycles. The number of nitrogens with zero attached hydrogens (tertiary/aromatic N) is 1. The number of rotatable bonds is 5. The molecule has 0 radical (unpaired) electrons. The summed E-state index contributed by atoms with van der Waals surface area (Å²) in [4.78, 5) is 14.2. The standard InChI is InChI=1S/C23H26ClF2N3O2/c1-15-3-2-4-20-21(15)31-17(13-28-20)12-27-14-23(26)7-9-29(10-8-23)22(30)16-5-6-19(25)18(24)11-16/h2-6,11,17,27-28H,7-10,12-14H2,1H3. The number of aryl methyl sites for hydroxylation is 1. The molecule has 8 heteroatoms. The molecule has 1 fully saturated rings. The number of likely N-dealkylation sites (tertiary alicyclic amines) is 1. The van der Waals surface area contributed by atoms with E-state index in [1.807, 2.05) is 25.1 Å². The number of carbonyl (C=O) groups is 1. The Kier molecular flexibility index (Phi) is 6.34. The summed E-state index contributed by atoms with van der Waals surface area (Å²) in [6.07, 6.45) is 0.403. The van der Waals surface area contributed by atoms with Crippen molar-refractivity contribution in [2.24, 2.45) is 0 Å². The summed E-state index contributed by atoms with van der Waals surface area (Å²) in [7, 11) is 0. The number of amides is 1. The fraction of sp³-hybridized carbons (Fsp3) is 0.435. The van der Waals surface area contributed by atoms with Gasteiger partial charge in [-0.2, -0.15) is 0 Å². The lowest BCUT2D eigenvalue weighted by Crippen LogP contribution is -2.50. The van der Waals surface area contributed by atoms with E-state index in [0.717, 1.165) is 17.0 Å². The molecule has 2 aromatic carbocycles. The molecular formula is C23H26ClF2N3O2. The minimum atomic E-state index is -1.38. The number of hydrogen-bond acceptors (Lipinski definition) is 4. The number of anilines is 1. The molecule has 0 spiro atoms. The van der Waals surface area contributed by atoms with Crippen molar-refractivity contribution in [3.63, 3.8) is 0 Å². The lowest BCUT2D eigenvalue weighted by atomic mass is 9.92. The van der Waals surface area contributed by atoms with Gasteiger partial charge in [0, 0.05) is 44.6 Å². The van der Waals surface area contributed by atoms with Crippen molar-refractivity contribution < 1.29 is 18.3 Å². The molecule has 0 saturated carbocycles. The summed E-state index contributed by atoms with van der Waals surface area (Å²) in [6.45, 7) is 4.01. The Bertz CT molecular complexity index is 964.